The van der Waals surface area contributed by atoms with Crippen molar-refractivity contribution in [1.29, 1.82) is 0 Å². The van der Waals surface area contributed by atoms with E-state index in [4.69, 9.17) is 4.74 Å². The van der Waals surface area contributed by atoms with Crippen LogP contribution in [0, 0.1) is 0 Å². The fraction of sp³-hybridized carbons (Fsp3) is 0.227. The number of nitrogens with zero attached hydrogens (tertiary/aromatic N) is 2. The summed E-state index contributed by atoms with van der Waals surface area (Å²) >= 11 is 0. The molecule has 1 N–H and O–H groups in total. The van der Waals surface area contributed by atoms with Crippen molar-refractivity contribution in [1.82, 2.24) is 9.78 Å². The van der Waals surface area contributed by atoms with Gasteiger partial charge in [0.2, 0.25) is 5.91 Å². The van der Waals surface area contributed by atoms with Crippen molar-refractivity contribution >= 4 is 17.6 Å². The van der Waals surface area contributed by atoms with E-state index < -0.39 is 5.97 Å². The first kappa shape index (κ1) is 19.4. The molecule has 0 atom stereocenters. The minimum absolute atomic E-state index is 0.114. The van der Waals surface area contributed by atoms with E-state index >= 15 is 0 Å². The lowest BCUT2D eigenvalue weighted by molar-refractivity contribution is -0.116. The Kier molecular flexibility index (Phi) is 6.57. The third-order valence-corrected chi connectivity index (χ3v) is 4.37. The molecule has 1 aromatic heterocycles. The van der Waals surface area contributed by atoms with Crippen LogP contribution in [0.15, 0.2) is 66.9 Å². The number of anilines is 1. The lowest BCUT2D eigenvalue weighted by Gasteiger charge is -2.04. The summed E-state index contributed by atoms with van der Waals surface area (Å²) in [4.78, 5) is 24.4. The van der Waals surface area contributed by atoms with Crippen LogP contribution in [-0.4, -0.2) is 28.8 Å². The topological polar surface area (TPSA) is 73.2 Å². The second-order valence-electron chi connectivity index (χ2n) is 6.42. The van der Waals surface area contributed by atoms with Crippen LogP contribution in [0.5, 0.6) is 0 Å². The smallest absolute Gasteiger partial charge is 0.360 e. The lowest BCUT2D eigenvalue weighted by Crippen LogP contribution is -2.15. The quantitative estimate of drug-likeness (QED) is 0.610. The van der Waals surface area contributed by atoms with E-state index in [0.29, 0.717) is 25.1 Å². The van der Waals surface area contributed by atoms with Crippen LogP contribution in [0.25, 0.3) is 0 Å². The number of methoxy groups -OCH3 is 1. The van der Waals surface area contributed by atoms with E-state index in [2.05, 4.69) is 10.4 Å². The summed E-state index contributed by atoms with van der Waals surface area (Å²) in [6, 6.07) is 19.8. The summed E-state index contributed by atoms with van der Waals surface area (Å²) in [5.41, 5.74) is 2.75. The second-order valence-corrected chi connectivity index (χ2v) is 6.42. The lowest BCUT2D eigenvalue weighted by atomic mass is 10.1. The number of carbonyl (C=O) groups is 2. The third kappa shape index (κ3) is 5.30. The predicted octanol–water partition coefficient (Wildman–Crippen LogP) is 3.48. The number of nitrogens with one attached hydrogen (secondary N) is 1. The molecular weight excluding hydrogens is 354 g/mol. The van der Waals surface area contributed by atoms with Gasteiger partial charge in [-0.1, -0.05) is 60.7 Å². The molecule has 0 radical (unpaired) electrons. The molecule has 1 heterocycles. The number of amides is 1. The van der Waals surface area contributed by atoms with Gasteiger partial charge in [0.25, 0.3) is 0 Å². The largest absolute Gasteiger partial charge is 0.464 e. The Labute approximate surface area is 164 Å². The van der Waals surface area contributed by atoms with E-state index in [1.54, 1.807) is 10.9 Å². The number of carbonyl (C=O) groups excluding carboxylic acids is 2. The molecular formula is C22H23N3O3. The minimum atomic E-state index is -0.572. The van der Waals surface area contributed by atoms with E-state index in [9.17, 15) is 9.59 Å². The Bertz CT molecular complexity index is 921. The maximum absolute atomic E-state index is 12.3. The Morgan fingerprint density at radius 2 is 1.57 bits per heavy atom. The molecule has 1 amide bonds. The summed E-state index contributed by atoms with van der Waals surface area (Å²) in [5.74, 6) is -0.742. The van der Waals surface area contributed by atoms with Gasteiger partial charge in [-0.25, -0.2) is 4.79 Å². The first-order valence-electron chi connectivity index (χ1n) is 9.19. The van der Waals surface area contributed by atoms with Gasteiger partial charge in [0.05, 0.1) is 12.8 Å². The maximum atomic E-state index is 12.3. The van der Waals surface area contributed by atoms with Gasteiger partial charge in [0.1, 0.15) is 0 Å². The molecule has 144 valence electrons. The summed E-state index contributed by atoms with van der Waals surface area (Å²) in [7, 11) is 1.30. The van der Waals surface area contributed by atoms with Crippen LogP contribution in [-0.2, 0) is 28.9 Å². The number of rotatable bonds is 8. The zero-order chi connectivity index (χ0) is 19.8. The van der Waals surface area contributed by atoms with Gasteiger partial charge >= 0.3 is 5.97 Å². The molecule has 0 spiro atoms. The zero-order valence-corrected chi connectivity index (χ0v) is 15.8. The van der Waals surface area contributed by atoms with E-state index in [1.165, 1.54) is 12.7 Å². The van der Waals surface area contributed by atoms with Crippen molar-refractivity contribution in [3.8, 4) is 0 Å². The Morgan fingerprint density at radius 3 is 2.18 bits per heavy atom. The highest BCUT2D eigenvalue weighted by molar-refractivity contribution is 5.99. The monoisotopic (exact) mass is 377 g/mol. The predicted molar refractivity (Wildman–Crippen MR) is 107 cm³/mol. The van der Waals surface area contributed by atoms with Crippen molar-refractivity contribution in [2.75, 3.05) is 12.4 Å². The molecule has 0 aliphatic rings. The SMILES string of the molecule is COC(=O)c1nn(CCc2ccccc2)cc1NC(=O)CCc1ccccc1. The van der Waals surface area contributed by atoms with Gasteiger partial charge < -0.3 is 10.1 Å². The molecule has 0 bridgehead atoms. The summed E-state index contributed by atoms with van der Waals surface area (Å²) in [6.45, 7) is 0.591. The summed E-state index contributed by atoms with van der Waals surface area (Å²) < 4.78 is 6.46. The molecule has 3 rings (SSSR count). The molecule has 28 heavy (non-hydrogen) atoms. The van der Waals surface area contributed by atoms with E-state index in [1.807, 2.05) is 60.7 Å². The van der Waals surface area contributed by atoms with Gasteiger partial charge in [-0.2, -0.15) is 5.10 Å². The van der Waals surface area contributed by atoms with Crippen molar-refractivity contribution in [2.24, 2.45) is 0 Å². The average Bonchev–Trinajstić information content (AvgIpc) is 3.14. The van der Waals surface area contributed by atoms with Gasteiger partial charge in [0.15, 0.2) is 5.69 Å². The van der Waals surface area contributed by atoms with Gasteiger partial charge in [0, 0.05) is 19.2 Å². The molecule has 6 heteroatoms. The Balaban J connectivity index is 1.65. The van der Waals surface area contributed by atoms with Gasteiger partial charge in [-0.05, 0) is 24.0 Å². The molecule has 0 unspecified atom stereocenters. The molecule has 0 aliphatic carbocycles. The maximum Gasteiger partial charge on any atom is 0.360 e. The van der Waals surface area contributed by atoms with Crippen LogP contribution < -0.4 is 5.32 Å². The van der Waals surface area contributed by atoms with Crippen LogP contribution in [0.2, 0.25) is 0 Å². The van der Waals surface area contributed by atoms with Crippen molar-refractivity contribution < 1.29 is 14.3 Å². The fourth-order valence-electron chi connectivity index (χ4n) is 2.88. The number of aryl methyl sites for hydroxylation is 3. The normalized spacial score (nSPS) is 10.5. The first-order valence-corrected chi connectivity index (χ1v) is 9.19. The summed E-state index contributed by atoms with van der Waals surface area (Å²) in [5, 5.41) is 7.09. The van der Waals surface area contributed by atoms with Crippen LogP contribution in [0.3, 0.4) is 0 Å². The molecule has 3 aromatic rings. The van der Waals surface area contributed by atoms with Crippen LogP contribution in [0.1, 0.15) is 28.0 Å². The highest BCUT2D eigenvalue weighted by atomic mass is 16.5. The van der Waals surface area contributed by atoms with E-state index in [-0.39, 0.29) is 11.6 Å². The third-order valence-electron chi connectivity index (χ3n) is 4.37. The number of aromatic nitrogens is 2. The number of hydrogen-bond acceptors (Lipinski definition) is 4. The molecule has 0 saturated heterocycles. The number of esters is 1. The fourth-order valence-corrected chi connectivity index (χ4v) is 2.88. The second kappa shape index (κ2) is 9.50. The zero-order valence-electron chi connectivity index (χ0n) is 15.8. The first-order chi connectivity index (χ1) is 13.7. The highest BCUT2D eigenvalue weighted by Gasteiger charge is 2.19. The van der Waals surface area contributed by atoms with Gasteiger partial charge in [-0.3, -0.25) is 9.48 Å². The molecule has 0 aliphatic heterocycles. The number of hydrogen-bond donors (Lipinski definition) is 1. The summed E-state index contributed by atoms with van der Waals surface area (Å²) in [6.07, 6.45) is 3.39. The van der Waals surface area contributed by atoms with Crippen molar-refractivity contribution in [2.45, 2.75) is 25.8 Å². The molecule has 0 saturated carbocycles. The molecule has 2 aromatic carbocycles. The molecule has 0 fully saturated rings. The van der Waals surface area contributed by atoms with Crippen LogP contribution >= 0.6 is 0 Å². The van der Waals surface area contributed by atoms with Crippen molar-refractivity contribution in [3.63, 3.8) is 0 Å². The Hall–Kier alpha value is -3.41. The van der Waals surface area contributed by atoms with Crippen molar-refractivity contribution in [3.05, 3.63) is 83.7 Å². The highest BCUT2D eigenvalue weighted by Crippen LogP contribution is 2.16. The molecule has 6 nitrogen and oxygen atoms in total. The standard InChI is InChI=1S/C22H23N3O3/c1-28-22(27)21-19(23-20(26)13-12-17-8-4-2-5-9-17)16-25(24-21)15-14-18-10-6-3-7-11-18/h2-11,16H,12-15H2,1H3,(H,23,26). The average molecular weight is 377 g/mol. The number of benzene rings is 2. The number of ether oxygens (including phenoxy) is 1. The van der Waals surface area contributed by atoms with E-state index in [0.717, 1.165) is 12.0 Å². The minimum Gasteiger partial charge on any atom is -0.464 e. The van der Waals surface area contributed by atoms with Crippen LogP contribution in [0.4, 0.5) is 5.69 Å². The van der Waals surface area contributed by atoms with Gasteiger partial charge in [-0.15, -0.1) is 0 Å². The Morgan fingerprint density at radius 1 is 0.964 bits per heavy atom.